The Hall–Kier alpha value is -1.02. The molecule has 4 rings (SSSR count). The molecule has 2 bridgehead atoms. The number of fused-ring (bicyclic) bond motifs is 3. The number of aryl methyl sites for hydroxylation is 1. The summed E-state index contributed by atoms with van der Waals surface area (Å²) in [5.41, 5.74) is 9.48. The summed E-state index contributed by atoms with van der Waals surface area (Å²) in [5, 5.41) is 0. The van der Waals surface area contributed by atoms with E-state index in [4.69, 9.17) is 5.73 Å². The number of benzene rings is 1. The Morgan fingerprint density at radius 2 is 2.00 bits per heavy atom. The van der Waals surface area contributed by atoms with Gasteiger partial charge in [-0.2, -0.15) is 0 Å². The summed E-state index contributed by atoms with van der Waals surface area (Å²) in [7, 11) is 0. The maximum Gasteiger partial charge on any atom is 0.0398 e. The van der Waals surface area contributed by atoms with Crippen LogP contribution in [-0.4, -0.2) is 19.1 Å². The molecule has 4 atom stereocenters. The van der Waals surface area contributed by atoms with Crippen molar-refractivity contribution in [1.82, 2.24) is 0 Å². The van der Waals surface area contributed by atoms with Gasteiger partial charge in [-0.15, -0.1) is 0 Å². The van der Waals surface area contributed by atoms with Crippen molar-refractivity contribution in [2.75, 3.05) is 18.0 Å². The second-order valence-corrected chi connectivity index (χ2v) is 6.75. The minimum Gasteiger partial charge on any atom is -0.371 e. The molecule has 1 aromatic rings. The van der Waals surface area contributed by atoms with Crippen molar-refractivity contribution in [3.8, 4) is 0 Å². The van der Waals surface area contributed by atoms with Crippen LogP contribution in [0.25, 0.3) is 0 Å². The second-order valence-electron chi connectivity index (χ2n) is 6.75. The first kappa shape index (κ1) is 11.8. The maximum atomic E-state index is 6.47. The lowest BCUT2D eigenvalue weighted by atomic mass is 9.84. The van der Waals surface area contributed by atoms with Gasteiger partial charge in [-0.05, 0) is 61.5 Å². The summed E-state index contributed by atoms with van der Waals surface area (Å²) in [6.45, 7) is 2.41. The first-order valence-corrected chi connectivity index (χ1v) is 7.91. The predicted octanol–water partition coefficient (Wildman–Crippen LogP) is 2.81. The van der Waals surface area contributed by atoms with Crippen LogP contribution in [0.3, 0.4) is 0 Å². The first-order chi connectivity index (χ1) is 9.33. The Morgan fingerprint density at radius 3 is 2.84 bits per heavy atom. The highest BCUT2D eigenvalue weighted by atomic mass is 15.1. The van der Waals surface area contributed by atoms with Crippen LogP contribution < -0.4 is 10.6 Å². The number of nitrogens with zero attached hydrogens (tertiary/aromatic N) is 1. The molecule has 3 aliphatic rings. The zero-order chi connectivity index (χ0) is 12.8. The zero-order valence-electron chi connectivity index (χ0n) is 11.6. The topological polar surface area (TPSA) is 29.3 Å². The van der Waals surface area contributed by atoms with E-state index in [0.717, 1.165) is 17.8 Å². The SMILES string of the molecule is NC1C2CCC(C2)C1CN1CCCc2ccccc21. The third kappa shape index (κ3) is 1.88. The molecule has 2 N–H and O–H groups in total. The van der Waals surface area contributed by atoms with Crippen LogP contribution in [0.4, 0.5) is 5.69 Å². The van der Waals surface area contributed by atoms with Gasteiger partial charge < -0.3 is 10.6 Å². The van der Waals surface area contributed by atoms with Gasteiger partial charge in [0.2, 0.25) is 0 Å². The van der Waals surface area contributed by atoms with Gasteiger partial charge in [0.05, 0.1) is 0 Å². The van der Waals surface area contributed by atoms with Gasteiger partial charge in [-0.1, -0.05) is 18.2 Å². The van der Waals surface area contributed by atoms with Gasteiger partial charge in [0.25, 0.3) is 0 Å². The molecule has 0 aromatic heterocycles. The largest absolute Gasteiger partial charge is 0.371 e. The Morgan fingerprint density at radius 1 is 1.16 bits per heavy atom. The maximum absolute atomic E-state index is 6.47. The van der Waals surface area contributed by atoms with Crippen molar-refractivity contribution < 1.29 is 0 Å². The van der Waals surface area contributed by atoms with Crippen LogP contribution in [0.15, 0.2) is 24.3 Å². The summed E-state index contributed by atoms with van der Waals surface area (Å²) in [5.74, 6) is 2.48. The Kier molecular flexibility index (Phi) is 2.80. The highest BCUT2D eigenvalue weighted by molar-refractivity contribution is 5.55. The third-order valence-electron chi connectivity index (χ3n) is 5.80. The molecular weight excluding hydrogens is 232 g/mol. The first-order valence-electron chi connectivity index (χ1n) is 7.91. The fourth-order valence-corrected chi connectivity index (χ4v) is 4.78. The van der Waals surface area contributed by atoms with E-state index in [9.17, 15) is 0 Å². The minimum absolute atomic E-state index is 0.466. The molecule has 2 nitrogen and oxygen atoms in total. The summed E-state index contributed by atoms with van der Waals surface area (Å²) in [6.07, 6.45) is 6.77. The lowest BCUT2D eigenvalue weighted by Crippen LogP contribution is -2.44. The van der Waals surface area contributed by atoms with E-state index in [-0.39, 0.29) is 0 Å². The molecule has 1 aliphatic heterocycles. The molecule has 102 valence electrons. The number of anilines is 1. The monoisotopic (exact) mass is 256 g/mol. The number of hydrogen-bond acceptors (Lipinski definition) is 2. The van der Waals surface area contributed by atoms with E-state index >= 15 is 0 Å². The molecule has 1 heterocycles. The standard InChI is InChI=1S/C17H24N2/c18-17-14-8-7-13(10-14)15(17)11-19-9-3-5-12-4-1-2-6-16(12)19/h1-2,4,6,13-15,17H,3,5,7-11,18H2. The van der Waals surface area contributed by atoms with Gasteiger partial charge in [0, 0.05) is 24.8 Å². The van der Waals surface area contributed by atoms with E-state index in [1.807, 2.05) is 0 Å². The van der Waals surface area contributed by atoms with E-state index < -0.39 is 0 Å². The lowest BCUT2D eigenvalue weighted by molar-refractivity contribution is 0.289. The second kappa shape index (κ2) is 4.52. The van der Waals surface area contributed by atoms with Crippen LogP contribution >= 0.6 is 0 Å². The van der Waals surface area contributed by atoms with Crippen molar-refractivity contribution in [3.63, 3.8) is 0 Å². The van der Waals surface area contributed by atoms with Gasteiger partial charge in [-0.25, -0.2) is 0 Å². The van der Waals surface area contributed by atoms with Gasteiger partial charge in [0.15, 0.2) is 0 Å². The van der Waals surface area contributed by atoms with Crippen LogP contribution in [-0.2, 0) is 6.42 Å². The fraction of sp³-hybridized carbons (Fsp3) is 0.647. The summed E-state index contributed by atoms with van der Waals surface area (Å²) in [4.78, 5) is 2.62. The highest BCUT2D eigenvalue weighted by Crippen LogP contribution is 2.48. The molecule has 2 fully saturated rings. The van der Waals surface area contributed by atoms with Crippen LogP contribution in [0.2, 0.25) is 0 Å². The third-order valence-corrected chi connectivity index (χ3v) is 5.80. The summed E-state index contributed by atoms with van der Waals surface area (Å²) >= 11 is 0. The van der Waals surface area contributed by atoms with Crippen molar-refractivity contribution in [2.24, 2.45) is 23.5 Å². The number of hydrogen-bond donors (Lipinski definition) is 1. The average molecular weight is 256 g/mol. The molecule has 19 heavy (non-hydrogen) atoms. The fourth-order valence-electron chi connectivity index (χ4n) is 4.78. The average Bonchev–Trinajstić information content (AvgIpc) is 3.03. The number of rotatable bonds is 2. The normalized spacial score (nSPS) is 36.6. The van der Waals surface area contributed by atoms with Crippen LogP contribution in [0.5, 0.6) is 0 Å². The van der Waals surface area contributed by atoms with Crippen molar-refractivity contribution in [1.29, 1.82) is 0 Å². The highest BCUT2D eigenvalue weighted by Gasteiger charge is 2.46. The molecular formula is C17H24N2. The Labute approximate surface area is 116 Å². The Balaban J connectivity index is 1.55. The van der Waals surface area contributed by atoms with E-state index in [1.54, 1.807) is 0 Å². The van der Waals surface area contributed by atoms with Gasteiger partial charge in [0.1, 0.15) is 0 Å². The molecule has 0 amide bonds. The Bertz CT molecular complexity index is 468. The van der Waals surface area contributed by atoms with Gasteiger partial charge >= 0.3 is 0 Å². The van der Waals surface area contributed by atoms with Crippen LogP contribution in [0, 0.1) is 17.8 Å². The molecule has 2 aliphatic carbocycles. The van der Waals surface area contributed by atoms with Crippen molar-refractivity contribution in [2.45, 2.75) is 38.1 Å². The van der Waals surface area contributed by atoms with Crippen molar-refractivity contribution in [3.05, 3.63) is 29.8 Å². The molecule has 0 spiro atoms. The molecule has 2 heteroatoms. The molecule has 2 saturated carbocycles. The smallest absolute Gasteiger partial charge is 0.0398 e. The molecule has 1 aromatic carbocycles. The quantitative estimate of drug-likeness (QED) is 0.881. The molecule has 0 saturated heterocycles. The van der Waals surface area contributed by atoms with Gasteiger partial charge in [-0.3, -0.25) is 0 Å². The van der Waals surface area contributed by atoms with E-state index in [2.05, 4.69) is 29.2 Å². The number of nitrogens with two attached hydrogens (primary N) is 1. The number of para-hydroxylation sites is 1. The van der Waals surface area contributed by atoms with Crippen LogP contribution in [0.1, 0.15) is 31.2 Å². The minimum atomic E-state index is 0.466. The van der Waals surface area contributed by atoms with Crippen molar-refractivity contribution >= 4 is 5.69 Å². The summed E-state index contributed by atoms with van der Waals surface area (Å²) in [6, 6.07) is 9.41. The lowest BCUT2D eigenvalue weighted by Gasteiger charge is -2.37. The molecule has 0 radical (unpaired) electrons. The van der Waals surface area contributed by atoms with E-state index in [0.29, 0.717) is 6.04 Å². The predicted molar refractivity (Wildman–Crippen MR) is 79.3 cm³/mol. The van der Waals surface area contributed by atoms with E-state index in [1.165, 1.54) is 56.4 Å². The zero-order valence-corrected chi connectivity index (χ0v) is 11.6. The summed E-state index contributed by atoms with van der Waals surface area (Å²) < 4.78 is 0. The molecule has 4 unspecified atom stereocenters.